The van der Waals surface area contributed by atoms with Crippen LogP contribution in [0.15, 0.2) is 36.4 Å². The van der Waals surface area contributed by atoms with Gasteiger partial charge in [0, 0.05) is 32.1 Å². The Balaban J connectivity index is 1.64. The number of likely N-dealkylation sites (tertiary alicyclic amines) is 2. The van der Waals surface area contributed by atoms with Gasteiger partial charge in [-0.05, 0) is 58.4 Å². The first-order valence-electron chi connectivity index (χ1n) is 13.4. The van der Waals surface area contributed by atoms with E-state index in [0.29, 0.717) is 39.1 Å². The maximum atomic E-state index is 13.6. The second-order valence-electron chi connectivity index (χ2n) is 11.6. The van der Waals surface area contributed by atoms with Gasteiger partial charge in [0.15, 0.2) is 0 Å². The van der Waals surface area contributed by atoms with Crippen molar-refractivity contribution in [3.63, 3.8) is 0 Å². The van der Waals surface area contributed by atoms with Crippen molar-refractivity contribution >= 4 is 17.9 Å². The zero-order valence-electron chi connectivity index (χ0n) is 23.4. The maximum absolute atomic E-state index is 13.6. The normalized spacial score (nSPS) is 29.2. The van der Waals surface area contributed by atoms with E-state index in [4.69, 9.17) is 14.2 Å². The summed E-state index contributed by atoms with van der Waals surface area (Å²) in [6.07, 6.45) is 5.20. The average Bonchev–Trinajstić information content (AvgIpc) is 3.28. The molecule has 0 bridgehead atoms. The molecule has 4 rings (SSSR count). The van der Waals surface area contributed by atoms with Gasteiger partial charge in [0.05, 0.1) is 38.2 Å². The highest BCUT2D eigenvalue weighted by Crippen LogP contribution is 2.42. The molecule has 0 saturated carbocycles. The van der Waals surface area contributed by atoms with Crippen molar-refractivity contribution in [2.45, 2.75) is 57.9 Å². The van der Waals surface area contributed by atoms with Gasteiger partial charge in [-0.3, -0.25) is 19.4 Å². The summed E-state index contributed by atoms with van der Waals surface area (Å²) < 4.78 is 17.3. The predicted octanol–water partition coefficient (Wildman–Crippen LogP) is 3.33. The zero-order valence-corrected chi connectivity index (χ0v) is 23.4. The van der Waals surface area contributed by atoms with Crippen LogP contribution in [0.1, 0.15) is 39.2 Å². The van der Waals surface area contributed by atoms with E-state index >= 15 is 0 Å². The molecule has 2 saturated heterocycles. The van der Waals surface area contributed by atoms with Gasteiger partial charge in [0.25, 0.3) is 0 Å². The van der Waals surface area contributed by atoms with Crippen LogP contribution >= 0.6 is 0 Å². The van der Waals surface area contributed by atoms with Gasteiger partial charge in [0.2, 0.25) is 11.8 Å². The molecule has 4 unspecified atom stereocenters. The Labute approximate surface area is 225 Å². The Kier molecular flexibility index (Phi) is 8.47. The molecule has 9 heteroatoms. The van der Waals surface area contributed by atoms with Crippen LogP contribution in [0.3, 0.4) is 0 Å². The molecule has 208 valence electrons. The molecule has 1 aromatic rings. The van der Waals surface area contributed by atoms with Crippen LogP contribution in [0, 0.1) is 17.8 Å². The van der Waals surface area contributed by atoms with Gasteiger partial charge in [-0.25, -0.2) is 4.79 Å². The first-order valence-corrected chi connectivity index (χ1v) is 13.4. The molecule has 0 radical (unpaired) electrons. The van der Waals surface area contributed by atoms with Crippen LogP contribution in [-0.2, 0) is 25.7 Å². The predicted molar refractivity (Wildman–Crippen MR) is 142 cm³/mol. The molecule has 0 aliphatic carbocycles. The minimum Gasteiger partial charge on any atom is -0.497 e. The first kappa shape index (κ1) is 28.1. The fraction of sp³-hybridized carbons (Fsp3) is 0.621. The van der Waals surface area contributed by atoms with Gasteiger partial charge in [0.1, 0.15) is 11.4 Å². The lowest BCUT2D eigenvalue weighted by molar-refractivity contribution is -0.140. The van der Waals surface area contributed by atoms with E-state index in [1.807, 2.05) is 52.1 Å². The second-order valence-corrected chi connectivity index (χ2v) is 11.6. The van der Waals surface area contributed by atoms with Gasteiger partial charge >= 0.3 is 6.09 Å². The van der Waals surface area contributed by atoms with E-state index in [-0.39, 0.29) is 29.8 Å². The van der Waals surface area contributed by atoms with E-state index < -0.39 is 23.5 Å². The molecule has 0 N–H and O–H groups in total. The van der Waals surface area contributed by atoms with Crippen molar-refractivity contribution in [2.75, 3.05) is 40.9 Å². The number of fused-ring (bicyclic) bond motifs is 1. The molecule has 0 spiro atoms. The Bertz CT molecular complexity index is 1050. The van der Waals surface area contributed by atoms with E-state index in [0.717, 1.165) is 11.3 Å². The van der Waals surface area contributed by atoms with E-state index in [9.17, 15) is 14.4 Å². The lowest BCUT2D eigenvalue weighted by atomic mass is 9.80. The fourth-order valence-corrected chi connectivity index (χ4v) is 6.02. The number of hydrogen-bond donors (Lipinski definition) is 0. The summed E-state index contributed by atoms with van der Waals surface area (Å²) in [6, 6.07) is 7.04. The number of benzene rings is 1. The summed E-state index contributed by atoms with van der Waals surface area (Å²) in [7, 11) is 5.14. The van der Waals surface area contributed by atoms with Crippen molar-refractivity contribution in [3.05, 3.63) is 42.0 Å². The number of amides is 3. The third kappa shape index (κ3) is 5.89. The molecule has 3 heterocycles. The number of hydrogen-bond acceptors (Lipinski definition) is 7. The smallest absolute Gasteiger partial charge is 0.410 e. The second kappa shape index (κ2) is 11.5. The molecule has 3 aliphatic heterocycles. The molecule has 5 atom stereocenters. The minimum atomic E-state index is -0.663. The summed E-state index contributed by atoms with van der Waals surface area (Å²) in [5.74, 6) is -0.529. The highest BCUT2D eigenvalue weighted by atomic mass is 16.6. The number of carbonyl (C=O) groups excluding carboxylic acids is 3. The van der Waals surface area contributed by atoms with Crippen molar-refractivity contribution in [1.82, 2.24) is 14.7 Å². The molecular formula is C29H41N3O6. The number of imide groups is 1. The summed E-state index contributed by atoms with van der Waals surface area (Å²) in [6.45, 7) is 7.31. The van der Waals surface area contributed by atoms with Crippen molar-refractivity contribution < 1.29 is 28.6 Å². The lowest BCUT2D eigenvalue weighted by Crippen LogP contribution is -2.59. The highest BCUT2D eigenvalue weighted by Gasteiger charge is 2.59. The van der Waals surface area contributed by atoms with Gasteiger partial charge in [-0.2, -0.15) is 0 Å². The van der Waals surface area contributed by atoms with Crippen molar-refractivity contribution in [1.29, 1.82) is 0 Å². The summed E-state index contributed by atoms with van der Waals surface area (Å²) in [4.78, 5) is 44.9. The number of likely N-dealkylation sites (N-methyl/N-ethyl adjacent to an activating group) is 1. The number of carbonyl (C=O) groups is 3. The van der Waals surface area contributed by atoms with Gasteiger partial charge in [-0.1, -0.05) is 24.3 Å². The Morgan fingerprint density at radius 3 is 2.39 bits per heavy atom. The summed E-state index contributed by atoms with van der Waals surface area (Å²) in [5, 5.41) is 0. The van der Waals surface area contributed by atoms with Crippen molar-refractivity contribution in [2.24, 2.45) is 17.8 Å². The zero-order chi connectivity index (χ0) is 27.6. The van der Waals surface area contributed by atoms with Crippen molar-refractivity contribution in [3.8, 4) is 5.75 Å². The molecule has 9 nitrogen and oxygen atoms in total. The van der Waals surface area contributed by atoms with Gasteiger partial charge < -0.3 is 19.1 Å². The summed E-state index contributed by atoms with van der Waals surface area (Å²) >= 11 is 0. The van der Waals surface area contributed by atoms with Crippen LogP contribution < -0.4 is 4.74 Å². The topological polar surface area (TPSA) is 88.6 Å². The van der Waals surface area contributed by atoms with E-state index in [1.165, 1.54) is 4.90 Å². The molecule has 2 fully saturated rings. The van der Waals surface area contributed by atoms with Gasteiger partial charge in [-0.15, -0.1) is 0 Å². The minimum absolute atomic E-state index is 0.0997. The lowest BCUT2D eigenvalue weighted by Gasteiger charge is -2.44. The third-order valence-corrected chi connectivity index (χ3v) is 7.78. The van der Waals surface area contributed by atoms with Crippen LogP contribution in [0.5, 0.6) is 5.75 Å². The molecule has 1 aromatic carbocycles. The number of rotatable bonds is 6. The molecule has 3 aliphatic rings. The Hall–Kier alpha value is -2.91. The molecule has 38 heavy (non-hydrogen) atoms. The van der Waals surface area contributed by atoms with E-state index in [1.54, 1.807) is 19.1 Å². The molecular weight excluding hydrogens is 486 g/mol. The molecule has 3 amide bonds. The maximum Gasteiger partial charge on any atom is 0.410 e. The third-order valence-electron chi connectivity index (χ3n) is 7.78. The summed E-state index contributed by atoms with van der Waals surface area (Å²) in [5.41, 5.74) is 0.355. The van der Waals surface area contributed by atoms with Crippen LogP contribution in [0.25, 0.3) is 0 Å². The Morgan fingerprint density at radius 2 is 1.74 bits per heavy atom. The Morgan fingerprint density at radius 1 is 1.03 bits per heavy atom. The average molecular weight is 528 g/mol. The SMILES string of the molecule is COc1ccc(COC[C@@H]2C/C=C\CCN(C(=O)OC(C)(C)C)C2C2C3C(=O)N(C)C(=O)C3CN2C)cc1. The van der Waals surface area contributed by atoms with Crippen LogP contribution in [-0.4, -0.2) is 91.2 Å². The highest BCUT2D eigenvalue weighted by molar-refractivity contribution is 6.05. The monoisotopic (exact) mass is 527 g/mol. The quantitative estimate of drug-likeness (QED) is 0.414. The number of ether oxygens (including phenoxy) is 3. The number of methoxy groups -OCH3 is 1. The first-order chi connectivity index (χ1) is 18.0. The van der Waals surface area contributed by atoms with E-state index in [2.05, 4.69) is 17.1 Å². The number of nitrogens with zero attached hydrogens (tertiary/aromatic N) is 3. The number of allylic oxidation sites excluding steroid dienone is 1. The van der Waals surface area contributed by atoms with Crippen LogP contribution in [0.2, 0.25) is 0 Å². The largest absolute Gasteiger partial charge is 0.497 e. The van der Waals surface area contributed by atoms with Crippen LogP contribution in [0.4, 0.5) is 4.79 Å². The fourth-order valence-electron chi connectivity index (χ4n) is 6.02. The molecule has 0 aromatic heterocycles. The standard InChI is InChI=1S/C29H41N3O6/c1-29(2,3)38-28(35)32-15-9-7-8-10-20(18-37-17-19-11-13-21(36-6)14-12-19)24(32)25-23-22(16-30(25)4)26(33)31(5)27(23)34/h7-8,11-14,20,22-25H,9-10,15-18H2,1-6H3/b8-7-/t20-,22?,23?,24?,25?/m0/s1.